The van der Waals surface area contributed by atoms with Crippen molar-refractivity contribution >= 4 is 11.5 Å². The number of anilines is 2. The standard InChI is InChI=1S/C11H13N3O/c1-8(10-3-2-6-15-10)14-11-7-9(12)4-5-13-11/h2-8H,1H3,(H3,12,13,14). The van der Waals surface area contributed by atoms with E-state index in [1.165, 1.54) is 0 Å². The lowest BCUT2D eigenvalue weighted by molar-refractivity contribution is 0.490. The van der Waals surface area contributed by atoms with E-state index in [0.717, 1.165) is 11.6 Å². The molecule has 3 N–H and O–H groups in total. The highest BCUT2D eigenvalue weighted by Crippen LogP contribution is 2.18. The Labute approximate surface area is 88.1 Å². The van der Waals surface area contributed by atoms with Gasteiger partial charge in [-0.15, -0.1) is 0 Å². The molecule has 0 fully saturated rings. The minimum Gasteiger partial charge on any atom is -0.467 e. The highest BCUT2D eigenvalue weighted by Gasteiger charge is 2.07. The van der Waals surface area contributed by atoms with Gasteiger partial charge >= 0.3 is 0 Å². The number of pyridine rings is 1. The second-order valence-corrected chi connectivity index (χ2v) is 3.36. The summed E-state index contributed by atoms with van der Waals surface area (Å²) in [5.74, 6) is 1.62. The molecule has 1 atom stereocenters. The molecule has 0 aromatic carbocycles. The molecule has 0 saturated carbocycles. The first-order valence-corrected chi connectivity index (χ1v) is 4.77. The van der Waals surface area contributed by atoms with Crippen molar-refractivity contribution in [3.63, 3.8) is 0 Å². The lowest BCUT2D eigenvalue weighted by Crippen LogP contribution is -2.07. The van der Waals surface area contributed by atoms with Crippen molar-refractivity contribution in [3.8, 4) is 0 Å². The van der Waals surface area contributed by atoms with Crippen molar-refractivity contribution in [2.45, 2.75) is 13.0 Å². The van der Waals surface area contributed by atoms with Crippen molar-refractivity contribution in [1.82, 2.24) is 4.98 Å². The Hall–Kier alpha value is -1.97. The molecule has 1 unspecified atom stereocenters. The van der Waals surface area contributed by atoms with Crippen LogP contribution >= 0.6 is 0 Å². The Kier molecular flexibility index (Phi) is 2.58. The fourth-order valence-electron chi connectivity index (χ4n) is 1.36. The van der Waals surface area contributed by atoms with Crippen molar-refractivity contribution in [2.24, 2.45) is 0 Å². The van der Waals surface area contributed by atoms with E-state index in [4.69, 9.17) is 10.2 Å². The van der Waals surface area contributed by atoms with E-state index in [-0.39, 0.29) is 6.04 Å². The Morgan fingerprint density at radius 3 is 3.00 bits per heavy atom. The molecule has 4 nitrogen and oxygen atoms in total. The predicted octanol–water partition coefficient (Wildman–Crippen LogP) is 2.43. The summed E-state index contributed by atoms with van der Waals surface area (Å²) in [5.41, 5.74) is 6.34. The van der Waals surface area contributed by atoms with E-state index in [1.807, 2.05) is 19.1 Å². The molecule has 4 heteroatoms. The Balaban J connectivity index is 2.09. The molecule has 0 saturated heterocycles. The maximum absolute atomic E-state index is 5.65. The summed E-state index contributed by atoms with van der Waals surface area (Å²) in [6, 6.07) is 7.40. The number of hydrogen-bond acceptors (Lipinski definition) is 4. The molecule has 0 spiro atoms. The van der Waals surface area contributed by atoms with E-state index >= 15 is 0 Å². The Bertz CT molecular complexity index is 425. The van der Waals surface area contributed by atoms with Gasteiger partial charge in [-0.1, -0.05) is 0 Å². The second kappa shape index (κ2) is 4.04. The molecule has 15 heavy (non-hydrogen) atoms. The first-order chi connectivity index (χ1) is 7.25. The molecule has 0 amide bonds. The third kappa shape index (κ3) is 2.28. The lowest BCUT2D eigenvalue weighted by atomic mass is 10.2. The van der Waals surface area contributed by atoms with Crippen LogP contribution in [-0.2, 0) is 0 Å². The molecule has 0 radical (unpaired) electrons. The van der Waals surface area contributed by atoms with Crippen LogP contribution in [0.4, 0.5) is 11.5 Å². The number of furan rings is 1. The third-order valence-corrected chi connectivity index (χ3v) is 2.12. The van der Waals surface area contributed by atoms with Crippen LogP contribution < -0.4 is 11.1 Å². The van der Waals surface area contributed by atoms with Gasteiger partial charge in [0, 0.05) is 18.0 Å². The van der Waals surface area contributed by atoms with E-state index in [9.17, 15) is 0 Å². The Morgan fingerprint density at radius 1 is 1.47 bits per heavy atom. The van der Waals surface area contributed by atoms with Gasteiger partial charge in [-0.3, -0.25) is 0 Å². The van der Waals surface area contributed by atoms with E-state index in [1.54, 1.807) is 24.6 Å². The van der Waals surface area contributed by atoms with Gasteiger partial charge in [-0.05, 0) is 25.1 Å². The summed E-state index contributed by atoms with van der Waals surface area (Å²) in [6.07, 6.45) is 3.33. The number of rotatable bonds is 3. The molecule has 0 bridgehead atoms. The highest BCUT2D eigenvalue weighted by molar-refractivity contribution is 5.49. The summed E-state index contributed by atoms with van der Waals surface area (Å²) < 4.78 is 5.28. The SMILES string of the molecule is CC(Nc1cc(N)ccn1)c1ccco1. The van der Waals surface area contributed by atoms with E-state index in [2.05, 4.69) is 10.3 Å². The van der Waals surface area contributed by atoms with Gasteiger partial charge in [-0.25, -0.2) is 4.98 Å². The molecule has 2 aromatic heterocycles. The molecule has 0 aliphatic heterocycles. The van der Waals surface area contributed by atoms with Crippen LogP contribution in [0.5, 0.6) is 0 Å². The van der Waals surface area contributed by atoms with Crippen molar-refractivity contribution in [1.29, 1.82) is 0 Å². The number of nitrogens with zero attached hydrogens (tertiary/aromatic N) is 1. The van der Waals surface area contributed by atoms with E-state index < -0.39 is 0 Å². The zero-order valence-electron chi connectivity index (χ0n) is 8.47. The fraction of sp³-hybridized carbons (Fsp3) is 0.182. The average molecular weight is 203 g/mol. The van der Waals surface area contributed by atoms with Gasteiger partial charge in [0.15, 0.2) is 0 Å². The quantitative estimate of drug-likeness (QED) is 0.804. The second-order valence-electron chi connectivity index (χ2n) is 3.36. The zero-order valence-corrected chi connectivity index (χ0v) is 8.47. The van der Waals surface area contributed by atoms with E-state index in [0.29, 0.717) is 5.69 Å². The molecule has 2 rings (SSSR count). The predicted molar refractivity (Wildman–Crippen MR) is 59.4 cm³/mol. The maximum atomic E-state index is 5.65. The first kappa shape index (κ1) is 9.58. The molecular weight excluding hydrogens is 190 g/mol. The first-order valence-electron chi connectivity index (χ1n) is 4.77. The summed E-state index contributed by atoms with van der Waals surface area (Å²) in [6.45, 7) is 2.00. The zero-order chi connectivity index (χ0) is 10.7. The van der Waals surface area contributed by atoms with Crippen LogP contribution in [0.25, 0.3) is 0 Å². The van der Waals surface area contributed by atoms with Crippen LogP contribution in [0.15, 0.2) is 41.1 Å². The monoisotopic (exact) mass is 203 g/mol. The van der Waals surface area contributed by atoms with Gasteiger partial charge in [0.25, 0.3) is 0 Å². The molecule has 78 valence electrons. The molecule has 2 aromatic rings. The van der Waals surface area contributed by atoms with Crippen molar-refractivity contribution in [2.75, 3.05) is 11.1 Å². The number of nitrogens with two attached hydrogens (primary N) is 1. The normalized spacial score (nSPS) is 12.3. The Morgan fingerprint density at radius 2 is 2.33 bits per heavy atom. The number of nitrogen functional groups attached to an aromatic ring is 1. The van der Waals surface area contributed by atoms with Crippen LogP contribution in [0.3, 0.4) is 0 Å². The van der Waals surface area contributed by atoms with Gasteiger partial charge in [0.05, 0.1) is 12.3 Å². The third-order valence-electron chi connectivity index (χ3n) is 2.12. The summed E-state index contributed by atoms with van der Waals surface area (Å²) in [7, 11) is 0. The minimum absolute atomic E-state index is 0.0781. The van der Waals surface area contributed by atoms with Crippen LogP contribution in [-0.4, -0.2) is 4.98 Å². The van der Waals surface area contributed by atoms with Crippen LogP contribution in [0.2, 0.25) is 0 Å². The molecular formula is C11H13N3O. The van der Waals surface area contributed by atoms with Gasteiger partial charge in [-0.2, -0.15) is 0 Å². The summed E-state index contributed by atoms with van der Waals surface area (Å²) in [5, 5.41) is 3.20. The van der Waals surface area contributed by atoms with Crippen molar-refractivity contribution < 1.29 is 4.42 Å². The largest absolute Gasteiger partial charge is 0.467 e. The molecule has 0 aliphatic rings. The topological polar surface area (TPSA) is 64.1 Å². The number of hydrogen-bond donors (Lipinski definition) is 2. The number of nitrogens with one attached hydrogen (secondary N) is 1. The van der Waals surface area contributed by atoms with Gasteiger partial charge in [0.2, 0.25) is 0 Å². The molecule has 0 aliphatic carbocycles. The van der Waals surface area contributed by atoms with Gasteiger partial charge in [0.1, 0.15) is 11.6 Å². The van der Waals surface area contributed by atoms with Crippen LogP contribution in [0, 0.1) is 0 Å². The summed E-state index contributed by atoms with van der Waals surface area (Å²) >= 11 is 0. The molecule has 2 heterocycles. The average Bonchev–Trinajstić information content (AvgIpc) is 2.70. The maximum Gasteiger partial charge on any atom is 0.128 e. The summed E-state index contributed by atoms with van der Waals surface area (Å²) in [4.78, 5) is 4.16. The smallest absolute Gasteiger partial charge is 0.128 e. The number of aromatic nitrogens is 1. The lowest BCUT2D eigenvalue weighted by Gasteiger charge is -2.11. The fourth-order valence-corrected chi connectivity index (χ4v) is 1.36. The van der Waals surface area contributed by atoms with Gasteiger partial charge < -0.3 is 15.5 Å². The minimum atomic E-state index is 0.0781. The van der Waals surface area contributed by atoms with Crippen LogP contribution in [0.1, 0.15) is 18.7 Å². The highest BCUT2D eigenvalue weighted by atomic mass is 16.3. The van der Waals surface area contributed by atoms with Crippen molar-refractivity contribution in [3.05, 3.63) is 42.5 Å².